The molecule has 112 valence electrons. The van der Waals surface area contributed by atoms with Crippen LogP contribution in [0.5, 0.6) is 0 Å². The second-order valence-corrected chi connectivity index (χ2v) is 6.07. The molecule has 1 aliphatic rings. The summed E-state index contributed by atoms with van der Waals surface area (Å²) < 4.78 is 2.02. The summed E-state index contributed by atoms with van der Waals surface area (Å²) >= 11 is 0. The maximum absolute atomic E-state index is 4.30. The molecule has 0 unspecified atom stereocenters. The van der Waals surface area contributed by atoms with Gasteiger partial charge in [0.1, 0.15) is 12.7 Å². The van der Waals surface area contributed by atoms with Gasteiger partial charge in [-0.15, -0.1) is 0 Å². The van der Waals surface area contributed by atoms with Crippen LogP contribution in [0.1, 0.15) is 43.7 Å². The molecule has 1 saturated heterocycles. The van der Waals surface area contributed by atoms with Crippen molar-refractivity contribution in [2.45, 2.75) is 38.1 Å². The fraction of sp³-hybridized carbons (Fsp3) is 0.529. The predicted molar refractivity (Wildman–Crippen MR) is 84.2 cm³/mol. The van der Waals surface area contributed by atoms with Crippen molar-refractivity contribution in [1.82, 2.24) is 19.7 Å². The van der Waals surface area contributed by atoms with Gasteiger partial charge in [0.15, 0.2) is 0 Å². The van der Waals surface area contributed by atoms with E-state index in [9.17, 15) is 0 Å². The minimum absolute atomic E-state index is 0.494. The van der Waals surface area contributed by atoms with Gasteiger partial charge in [0.05, 0.1) is 6.04 Å². The fourth-order valence-corrected chi connectivity index (χ4v) is 3.18. The van der Waals surface area contributed by atoms with E-state index in [-0.39, 0.29) is 0 Å². The van der Waals surface area contributed by atoms with E-state index in [0.717, 1.165) is 6.54 Å². The Morgan fingerprint density at radius 2 is 2.14 bits per heavy atom. The molecule has 0 amide bonds. The maximum atomic E-state index is 4.30. The first kappa shape index (κ1) is 14.3. The Labute approximate surface area is 126 Å². The molecule has 2 heterocycles. The Kier molecular flexibility index (Phi) is 4.65. The molecule has 0 N–H and O–H groups in total. The summed E-state index contributed by atoms with van der Waals surface area (Å²) in [6, 6.07) is 11.3. The minimum atomic E-state index is 0.494. The summed E-state index contributed by atoms with van der Waals surface area (Å²) in [5.41, 5.74) is 1.45. The average Bonchev–Trinajstić information content (AvgIpc) is 3.08. The molecule has 0 radical (unpaired) electrons. The minimum Gasteiger partial charge on any atom is -0.301 e. The number of hydrogen-bond donors (Lipinski definition) is 0. The van der Waals surface area contributed by atoms with Crippen LogP contribution in [0.25, 0.3) is 0 Å². The quantitative estimate of drug-likeness (QED) is 0.846. The first-order chi connectivity index (χ1) is 10.3. The Hall–Kier alpha value is -1.68. The Balaban J connectivity index is 1.51. The van der Waals surface area contributed by atoms with Crippen LogP contribution in [0.15, 0.2) is 43.0 Å². The van der Waals surface area contributed by atoms with E-state index in [1.165, 1.54) is 37.9 Å². The number of piperidine rings is 1. The van der Waals surface area contributed by atoms with Crippen molar-refractivity contribution < 1.29 is 0 Å². The smallest absolute Gasteiger partial charge is 0.137 e. The summed E-state index contributed by atoms with van der Waals surface area (Å²) in [7, 11) is 0. The van der Waals surface area contributed by atoms with Crippen molar-refractivity contribution in [2.24, 2.45) is 0 Å². The molecule has 1 aliphatic heterocycles. The van der Waals surface area contributed by atoms with Gasteiger partial charge in [-0.25, -0.2) is 9.67 Å². The molecule has 0 bridgehead atoms. The highest BCUT2D eigenvalue weighted by Crippen LogP contribution is 2.23. The van der Waals surface area contributed by atoms with Gasteiger partial charge >= 0.3 is 0 Å². The molecular weight excluding hydrogens is 260 g/mol. The second kappa shape index (κ2) is 6.85. The summed E-state index contributed by atoms with van der Waals surface area (Å²) in [6.07, 6.45) is 7.17. The van der Waals surface area contributed by atoms with Crippen LogP contribution in [0.3, 0.4) is 0 Å². The van der Waals surface area contributed by atoms with Gasteiger partial charge in [0, 0.05) is 6.54 Å². The predicted octanol–water partition coefficient (Wildman–Crippen LogP) is 3.11. The zero-order valence-corrected chi connectivity index (χ0v) is 12.7. The normalized spacial score (nSPS) is 21.3. The van der Waals surface area contributed by atoms with Crippen LogP contribution in [-0.2, 0) is 0 Å². The molecule has 0 aliphatic carbocycles. The van der Waals surface area contributed by atoms with Crippen LogP contribution in [0.4, 0.5) is 0 Å². The van der Waals surface area contributed by atoms with Gasteiger partial charge in [0.2, 0.25) is 0 Å². The number of benzene rings is 1. The lowest BCUT2D eigenvalue weighted by Gasteiger charge is -2.33. The lowest BCUT2D eigenvalue weighted by Crippen LogP contribution is -2.37. The van der Waals surface area contributed by atoms with E-state index in [0.29, 0.717) is 12.0 Å². The molecule has 2 aromatic rings. The zero-order chi connectivity index (χ0) is 14.5. The lowest BCUT2D eigenvalue weighted by molar-refractivity contribution is 0.165. The van der Waals surface area contributed by atoms with Gasteiger partial charge in [-0.2, -0.15) is 5.10 Å². The van der Waals surface area contributed by atoms with E-state index in [1.54, 1.807) is 6.33 Å². The molecule has 4 nitrogen and oxygen atoms in total. The molecule has 21 heavy (non-hydrogen) atoms. The highest BCUT2D eigenvalue weighted by Gasteiger charge is 2.21. The van der Waals surface area contributed by atoms with E-state index < -0.39 is 0 Å². The molecule has 1 aromatic heterocycles. The van der Waals surface area contributed by atoms with Crippen LogP contribution in [0, 0.1) is 0 Å². The first-order valence-electron chi connectivity index (χ1n) is 7.94. The number of likely N-dealkylation sites (tertiary alicyclic amines) is 1. The van der Waals surface area contributed by atoms with E-state index in [2.05, 4.69) is 52.2 Å². The van der Waals surface area contributed by atoms with Crippen LogP contribution in [-0.4, -0.2) is 39.3 Å². The molecule has 4 heteroatoms. The van der Waals surface area contributed by atoms with Crippen molar-refractivity contribution in [3.63, 3.8) is 0 Å². The van der Waals surface area contributed by atoms with E-state index >= 15 is 0 Å². The average molecular weight is 284 g/mol. The van der Waals surface area contributed by atoms with E-state index in [4.69, 9.17) is 0 Å². The van der Waals surface area contributed by atoms with Crippen molar-refractivity contribution in [3.8, 4) is 0 Å². The monoisotopic (exact) mass is 284 g/mol. The van der Waals surface area contributed by atoms with Crippen LogP contribution < -0.4 is 0 Å². The third-order valence-electron chi connectivity index (χ3n) is 4.54. The highest BCUT2D eigenvalue weighted by molar-refractivity contribution is 5.18. The summed E-state index contributed by atoms with van der Waals surface area (Å²) in [5.74, 6) is 0.623. The molecule has 3 rings (SSSR count). The Morgan fingerprint density at radius 3 is 2.90 bits per heavy atom. The standard InChI is InChI=1S/C17H24N4/c1-15(16-6-3-2-4-7-16)9-11-20-10-5-8-17(12-20)21-14-18-13-19-21/h2-4,6-7,13-15,17H,5,8-12H2,1H3/t15-,17-/m1/s1. The highest BCUT2D eigenvalue weighted by atomic mass is 15.3. The number of hydrogen-bond acceptors (Lipinski definition) is 3. The molecule has 0 spiro atoms. The summed E-state index contributed by atoms with van der Waals surface area (Å²) in [4.78, 5) is 6.65. The largest absolute Gasteiger partial charge is 0.301 e. The van der Waals surface area contributed by atoms with Gasteiger partial charge in [-0.3, -0.25) is 0 Å². The van der Waals surface area contributed by atoms with Crippen molar-refractivity contribution in [2.75, 3.05) is 19.6 Å². The Morgan fingerprint density at radius 1 is 1.29 bits per heavy atom. The zero-order valence-electron chi connectivity index (χ0n) is 12.7. The molecule has 0 saturated carbocycles. The summed E-state index contributed by atoms with van der Waals surface area (Å²) in [6.45, 7) is 5.81. The van der Waals surface area contributed by atoms with Crippen LogP contribution >= 0.6 is 0 Å². The summed E-state index contributed by atoms with van der Waals surface area (Å²) in [5, 5.41) is 4.30. The van der Waals surface area contributed by atoms with Crippen molar-refractivity contribution in [1.29, 1.82) is 0 Å². The second-order valence-electron chi connectivity index (χ2n) is 6.07. The topological polar surface area (TPSA) is 34.0 Å². The fourth-order valence-electron chi connectivity index (χ4n) is 3.18. The van der Waals surface area contributed by atoms with Crippen LogP contribution in [0.2, 0.25) is 0 Å². The molecule has 1 fully saturated rings. The van der Waals surface area contributed by atoms with Crippen molar-refractivity contribution in [3.05, 3.63) is 48.5 Å². The van der Waals surface area contributed by atoms with Gasteiger partial charge < -0.3 is 4.90 Å². The third kappa shape index (κ3) is 3.70. The van der Waals surface area contributed by atoms with Gasteiger partial charge in [-0.1, -0.05) is 37.3 Å². The number of rotatable bonds is 5. The van der Waals surface area contributed by atoms with Crippen molar-refractivity contribution >= 4 is 0 Å². The maximum Gasteiger partial charge on any atom is 0.137 e. The van der Waals surface area contributed by atoms with Gasteiger partial charge in [0.25, 0.3) is 0 Å². The molecule has 1 aromatic carbocycles. The number of aromatic nitrogens is 3. The van der Waals surface area contributed by atoms with E-state index in [1.807, 2.05) is 11.0 Å². The Bertz CT molecular complexity index is 523. The molecular formula is C17H24N4. The molecule has 2 atom stereocenters. The first-order valence-corrected chi connectivity index (χ1v) is 7.94. The van der Waals surface area contributed by atoms with Gasteiger partial charge in [-0.05, 0) is 43.8 Å². The SMILES string of the molecule is C[C@H](CCN1CCC[C@@H](n2cncn2)C1)c1ccccc1. The third-order valence-corrected chi connectivity index (χ3v) is 4.54. The number of nitrogens with zero attached hydrogens (tertiary/aromatic N) is 4. The lowest BCUT2D eigenvalue weighted by atomic mass is 9.97.